The molecule has 3 N–H and O–H groups in total. The highest BCUT2D eigenvalue weighted by atomic mass is 16.2. The van der Waals surface area contributed by atoms with Gasteiger partial charge in [0.15, 0.2) is 0 Å². The summed E-state index contributed by atoms with van der Waals surface area (Å²) in [5.74, 6) is 0.118. The molecule has 0 bridgehead atoms. The second-order valence-corrected chi connectivity index (χ2v) is 6.04. The minimum absolute atomic E-state index is 0.118. The van der Waals surface area contributed by atoms with Gasteiger partial charge in [0.05, 0.1) is 6.42 Å². The zero-order valence-corrected chi connectivity index (χ0v) is 12.4. The van der Waals surface area contributed by atoms with E-state index >= 15 is 0 Å². The molecule has 0 aliphatic carbocycles. The van der Waals surface area contributed by atoms with E-state index < -0.39 is 0 Å². The van der Waals surface area contributed by atoms with Crippen LogP contribution in [-0.4, -0.2) is 34.4 Å². The number of benzene rings is 1. The molecule has 0 radical (unpaired) electrons. The van der Waals surface area contributed by atoms with Crippen molar-refractivity contribution in [3.63, 3.8) is 0 Å². The van der Waals surface area contributed by atoms with Crippen LogP contribution in [0.25, 0.3) is 10.9 Å². The molecule has 0 saturated heterocycles. The summed E-state index contributed by atoms with van der Waals surface area (Å²) in [4.78, 5) is 17.6. The van der Waals surface area contributed by atoms with Crippen molar-refractivity contribution in [2.75, 3.05) is 13.1 Å². The molecule has 1 heterocycles. The van der Waals surface area contributed by atoms with E-state index in [0.717, 1.165) is 16.5 Å². The summed E-state index contributed by atoms with van der Waals surface area (Å²) in [6.45, 7) is 7.18. The molecule has 0 spiro atoms. The number of para-hydroxylation sites is 1. The SMILES string of the molecule is CC(C)(C)N(CCN)C(=O)Cc1c[nH]c2ccccc12. The molecule has 108 valence electrons. The van der Waals surface area contributed by atoms with Crippen LogP contribution < -0.4 is 5.73 Å². The second kappa shape index (κ2) is 5.67. The van der Waals surface area contributed by atoms with Gasteiger partial charge < -0.3 is 15.6 Å². The lowest BCUT2D eigenvalue weighted by Gasteiger charge is -2.35. The molecule has 20 heavy (non-hydrogen) atoms. The van der Waals surface area contributed by atoms with Crippen LogP contribution in [0, 0.1) is 0 Å². The van der Waals surface area contributed by atoms with Gasteiger partial charge in [-0.15, -0.1) is 0 Å². The van der Waals surface area contributed by atoms with Crippen molar-refractivity contribution in [3.8, 4) is 0 Å². The number of nitrogens with zero attached hydrogens (tertiary/aromatic N) is 1. The zero-order chi connectivity index (χ0) is 14.8. The predicted octanol–water partition coefficient (Wildman–Crippen LogP) is 2.30. The first-order chi connectivity index (χ1) is 9.43. The van der Waals surface area contributed by atoms with Crippen LogP contribution in [0.4, 0.5) is 0 Å². The summed E-state index contributed by atoms with van der Waals surface area (Å²) in [7, 11) is 0. The van der Waals surface area contributed by atoms with Crippen molar-refractivity contribution in [2.45, 2.75) is 32.7 Å². The summed E-state index contributed by atoms with van der Waals surface area (Å²) in [6.07, 6.45) is 2.33. The minimum atomic E-state index is -0.206. The van der Waals surface area contributed by atoms with Gasteiger partial charge in [0, 0.05) is 35.7 Å². The summed E-state index contributed by atoms with van der Waals surface area (Å²) in [5, 5.41) is 1.11. The highest BCUT2D eigenvalue weighted by molar-refractivity contribution is 5.89. The molecule has 4 nitrogen and oxygen atoms in total. The maximum atomic E-state index is 12.5. The smallest absolute Gasteiger partial charge is 0.227 e. The van der Waals surface area contributed by atoms with Crippen LogP contribution in [-0.2, 0) is 11.2 Å². The number of H-pyrrole nitrogens is 1. The first kappa shape index (κ1) is 14.6. The Kier molecular flexibility index (Phi) is 4.14. The van der Waals surface area contributed by atoms with Gasteiger partial charge >= 0.3 is 0 Å². The number of aromatic nitrogens is 1. The lowest BCUT2D eigenvalue weighted by atomic mass is 10.0. The Morgan fingerprint density at radius 3 is 2.65 bits per heavy atom. The molecule has 0 saturated carbocycles. The van der Waals surface area contributed by atoms with Crippen LogP contribution >= 0.6 is 0 Å². The van der Waals surface area contributed by atoms with Gasteiger partial charge in [-0.25, -0.2) is 0 Å². The van der Waals surface area contributed by atoms with Crippen molar-refractivity contribution in [2.24, 2.45) is 5.73 Å². The first-order valence-electron chi connectivity index (χ1n) is 6.99. The molecule has 0 aliphatic heterocycles. The normalized spacial score (nSPS) is 11.8. The number of aromatic amines is 1. The fourth-order valence-electron chi connectivity index (χ4n) is 2.50. The van der Waals surface area contributed by atoms with Crippen molar-refractivity contribution in [1.29, 1.82) is 0 Å². The molecule has 2 rings (SSSR count). The van der Waals surface area contributed by atoms with Gasteiger partial charge in [0.2, 0.25) is 5.91 Å². The third kappa shape index (κ3) is 3.02. The summed E-state index contributed by atoms with van der Waals surface area (Å²) in [6, 6.07) is 8.04. The van der Waals surface area contributed by atoms with Gasteiger partial charge in [-0.1, -0.05) is 18.2 Å². The number of nitrogens with two attached hydrogens (primary N) is 1. The predicted molar refractivity (Wildman–Crippen MR) is 82.5 cm³/mol. The Hall–Kier alpha value is -1.81. The number of hydrogen-bond acceptors (Lipinski definition) is 2. The van der Waals surface area contributed by atoms with Gasteiger partial charge in [0.1, 0.15) is 0 Å². The maximum Gasteiger partial charge on any atom is 0.227 e. The van der Waals surface area contributed by atoms with E-state index in [1.54, 1.807) is 0 Å². The van der Waals surface area contributed by atoms with Crippen LogP contribution in [0.15, 0.2) is 30.5 Å². The molecular weight excluding hydrogens is 250 g/mol. The highest BCUT2D eigenvalue weighted by Crippen LogP contribution is 2.20. The van der Waals surface area contributed by atoms with E-state index in [2.05, 4.69) is 4.98 Å². The molecule has 1 aromatic heterocycles. The average molecular weight is 273 g/mol. The lowest BCUT2D eigenvalue weighted by Crippen LogP contribution is -2.48. The van der Waals surface area contributed by atoms with E-state index in [0.29, 0.717) is 19.5 Å². The van der Waals surface area contributed by atoms with Crippen LogP contribution in [0.1, 0.15) is 26.3 Å². The third-order valence-corrected chi connectivity index (χ3v) is 3.48. The Balaban J connectivity index is 2.22. The second-order valence-electron chi connectivity index (χ2n) is 6.04. The average Bonchev–Trinajstić information content (AvgIpc) is 2.78. The van der Waals surface area contributed by atoms with Crippen LogP contribution in [0.2, 0.25) is 0 Å². The van der Waals surface area contributed by atoms with Crippen LogP contribution in [0.3, 0.4) is 0 Å². The van der Waals surface area contributed by atoms with E-state index in [9.17, 15) is 4.79 Å². The van der Waals surface area contributed by atoms with Gasteiger partial charge in [0.25, 0.3) is 0 Å². The van der Waals surface area contributed by atoms with E-state index in [-0.39, 0.29) is 11.4 Å². The summed E-state index contributed by atoms with van der Waals surface area (Å²) >= 11 is 0. The number of nitrogens with one attached hydrogen (secondary N) is 1. The Labute approximate surface area is 120 Å². The number of amides is 1. The van der Waals surface area contributed by atoms with Gasteiger partial charge in [-0.05, 0) is 32.4 Å². The minimum Gasteiger partial charge on any atom is -0.361 e. The Morgan fingerprint density at radius 2 is 2.00 bits per heavy atom. The van der Waals surface area contributed by atoms with E-state index in [4.69, 9.17) is 5.73 Å². The Bertz CT molecular complexity index is 595. The Morgan fingerprint density at radius 1 is 1.30 bits per heavy atom. The zero-order valence-electron chi connectivity index (χ0n) is 12.4. The first-order valence-corrected chi connectivity index (χ1v) is 6.99. The monoisotopic (exact) mass is 273 g/mol. The quantitative estimate of drug-likeness (QED) is 0.898. The summed E-state index contributed by atoms with van der Waals surface area (Å²) in [5.41, 5.74) is 7.53. The topological polar surface area (TPSA) is 62.1 Å². The molecule has 0 aliphatic rings. The van der Waals surface area contributed by atoms with Crippen molar-refractivity contribution < 1.29 is 4.79 Å². The molecule has 0 atom stereocenters. The highest BCUT2D eigenvalue weighted by Gasteiger charge is 2.26. The molecule has 4 heteroatoms. The molecule has 2 aromatic rings. The maximum absolute atomic E-state index is 12.5. The molecular formula is C16H23N3O. The van der Waals surface area contributed by atoms with E-state index in [1.165, 1.54) is 0 Å². The number of carbonyl (C=O) groups is 1. The molecule has 0 fully saturated rings. The number of carbonyl (C=O) groups excluding carboxylic acids is 1. The number of hydrogen-bond donors (Lipinski definition) is 2. The van der Waals surface area contributed by atoms with Crippen molar-refractivity contribution in [1.82, 2.24) is 9.88 Å². The van der Waals surface area contributed by atoms with Crippen molar-refractivity contribution in [3.05, 3.63) is 36.0 Å². The number of fused-ring (bicyclic) bond motifs is 1. The largest absolute Gasteiger partial charge is 0.361 e. The fraction of sp³-hybridized carbons (Fsp3) is 0.438. The fourth-order valence-corrected chi connectivity index (χ4v) is 2.50. The van der Waals surface area contributed by atoms with E-state index in [1.807, 2.05) is 56.1 Å². The molecule has 1 amide bonds. The third-order valence-electron chi connectivity index (χ3n) is 3.48. The van der Waals surface area contributed by atoms with Gasteiger partial charge in [-0.3, -0.25) is 4.79 Å². The number of rotatable bonds is 4. The van der Waals surface area contributed by atoms with Crippen molar-refractivity contribution >= 4 is 16.8 Å². The molecule has 1 aromatic carbocycles. The standard InChI is InChI=1S/C16H23N3O/c1-16(2,3)19(9-8-17)15(20)10-12-11-18-14-7-5-4-6-13(12)14/h4-7,11,18H,8-10,17H2,1-3H3. The summed E-state index contributed by atoms with van der Waals surface area (Å²) < 4.78 is 0. The van der Waals surface area contributed by atoms with Gasteiger partial charge in [-0.2, -0.15) is 0 Å². The lowest BCUT2D eigenvalue weighted by molar-refractivity contribution is -0.135. The molecule has 0 unspecified atom stereocenters. The van der Waals surface area contributed by atoms with Crippen LogP contribution in [0.5, 0.6) is 0 Å².